The zero-order valence-electron chi connectivity index (χ0n) is 33.4. The predicted molar refractivity (Wildman–Crippen MR) is 229 cm³/mol. The summed E-state index contributed by atoms with van der Waals surface area (Å²) in [5.41, 5.74) is 9.16. The van der Waals surface area contributed by atoms with Gasteiger partial charge in [0.1, 0.15) is 15.3 Å². The molecule has 12 nitrogen and oxygen atoms in total. The Bertz CT molecular complexity index is 1980. The van der Waals surface area contributed by atoms with E-state index in [9.17, 15) is 9.59 Å². The van der Waals surface area contributed by atoms with E-state index in [-0.39, 0.29) is 26.8 Å². The van der Waals surface area contributed by atoms with Gasteiger partial charge in [0.25, 0.3) is 0 Å². The molecular weight excluding hydrogens is 826 g/mol. The third-order valence-corrected chi connectivity index (χ3v) is 11.6. The first kappa shape index (κ1) is 46.8. The summed E-state index contributed by atoms with van der Waals surface area (Å²) >= 11 is 2.24. The highest BCUT2D eigenvalue weighted by Crippen LogP contribution is 2.37. The lowest BCUT2D eigenvalue weighted by Crippen LogP contribution is -2.41. The molecule has 7 rings (SSSR count). The number of imidazole rings is 2. The number of benzene rings is 2. The number of aryl methyl sites for hydroxylation is 6. The number of halogens is 1. The molecule has 3 fully saturated rings. The Morgan fingerprint density at radius 2 is 1.14 bits per heavy atom. The maximum atomic E-state index is 11.9. The summed E-state index contributed by atoms with van der Waals surface area (Å²) in [6.07, 6.45) is 0. The largest absolute Gasteiger partial charge is 0.495 e. The van der Waals surface area contributed by atoms with Crippen LogP contribution in [0.15, 0.2) is 24.3 Å². The number of nitrogens with zero attached hydrogens (tertiary/aromatic N) is 2. The number of hydrogen-bond acceptors (Lipinski definition) is 10. The molecule has 2 N–H and O–H groups in total. The Balaban J connectivity index is 0.000000232. The SMILES string of the molecule is C.C.COC(=O)c1cc(-c2nc(C3COC3)[nH]c2C)c(C)cc1C.COC(=O)c1cc(B2OC(C)(C)C(C)(C)O2)c(C)cc1C.Cc1[nH]c(C2COC2)nc1I. The van der Waals surface area contributed by atoms with Gasteiger partial charge in [-0.15, -0.1) is 0 Å². The van der Waals surface area contributed by atoms with E-state index in [1.54, 1.807) is 0 Å². The number of carbonyl (C=O) groups excluding carboxylic acids is 2. The number of rotatable bonds is 6. The van der Waals surface area contributed by atoms with Crippen molar-refractivity contribution in [1.29, 1.82) is 0 Å². The van der Waals surface area contributed by atoms with Crippen LogP contribution in [0.1, 0.15) is 120 Å². The lowest BCUT2D eigenvalue weighted by molar-refractivity contribution is 0.00508. The summed E-state index contributed by atoms with van der Waals surface area (Å²) in [7, 11) is 2.31. The Kier molecular flexibility index (Phi) is 15.7. The lowest BCUT2D eigenvalue weighted by atomic mass is 9.75. The Labute approximate surface area is 346 Å². The van der Waals surface area contributed by atoms with Crippen molar-refractivity contribution in [1.82, 2.24) is 19.9 Å². The molecule has 0 amide bonds. The number of nitrogens with one attached hydrogen (secondary N) is 2. The topological polar surface area (TPSA) is 147 Å². The Morgan fingerprint density at radius 3 is 1.57 bits per heavy atom. The first-order valence-corrected chi connectivity index (χ1v) is 19.1. The number of methoxy groups -OCH3 is 2. The summed E-state index contributed by atoms with van der Waals surface area (Å²) in [6, 6.07) is 7.66. The van der Waals surface area contributed by atoms with E-state index in [1.165, 1.54) is 14.2 Å². The standard InChI is InChI=1S/C17H20N2O3.C16H23BO4.C7H9IN2O.2CH4/c1-9-5-10(2)14(17(20)21-4)6-13(9)15-11(3)18-16(19-15)12-7-22-8-12;1-10-8-11(2)13(9-12(10)14(18)19-7)17-20-15(3,4)16(5,6)21-17;1-4-6(8)10-7(9-4)5-2-11-3-5;;/h5-6,12H,7-8H2,1-4H3,(H,18,19);8-9H,1-7H3;5H,2-3H2,1H3,(H,9,10);2*1H4. The number of H-pyrrole nitrogens is 2. The molecule has 306 valence electrons. The van der Waals surface area contributed by atoms with Gasteiger partial charge in [-0.25, -0.2) is 19.6 Å². The Hall–Kier alpha value is -3.57. The second-order valence-electron chi connectivity index (χ2n) is 15.2. The van der Waals surface area contributed by atoms with E-state index in [2.05, 4.69) is 37.5 Å². The molecule has 5 heterocycles. The molecule has 0 radical (unpaired) electrons. The summed E-state index contributed by atoms with van der Waals surface area (Å²) < 4.78 is 33.2. The minimum atomic E-state index is -0.473. The fraction of sp³-hybridized carbons (Fsp3) is 0.524. The van der Waals surface area contributed by atoms with Crippen molar-refractivity contribution in [3.8, 4) is 11.3 Å². The summed E-state index contributed by atoms with van der Waals surface area (Å²) in [4.78, 5) is 39.5. The second-order valence-corrected chi connectivity index (χ2v) is 16.2. The van der Waals surface area contributed by atoms with Gasteiger partial charge in [-0.05, 0) is 126 Å². The van der Waals surface area contributed by atoms with Crippen molar-refractivity contribution in [2.75, 3.05) is 40.6 Å². The molecular formula is C42H60BIN4O8. The molecule has 0 saturated carbocycles. The van der Waals surface area contributed by atoms with Gasteiger partial charge in [0, 0.05) is 17.0 Å². The molecule has 2 aromatic carbocycles. The van der Waals surface area contributed by atoms with Gasteiger partial charge < -0.3 is 38.2 Å². The fourth-order valence-electron chi connectivity index (χ4n) is 6.24. The maximum absolute atomic E-state index is 11.9. The van der Waals surface area contributed by atoms with Crippen molar-refractivity contribution < 1.29 is 37.8 Å². The average Bonchev–Trinajstić information content (AvgIpc) is 3.65. The maximum Gasteiger partial charge on any atom is 0.495 e. The number of esters is 2. The van der Waals surface area contributed by atoms with Crippen LogP contribution in [0.3, 0.4) is 0 Å². The molecule has 3 saturated heterocycles. The van der Waals surface area contributed by atoms with Gasteiger partial charge in [0.2, 0.25) is 0 Å². The van der Waals surface area contributed by atoms with Crippen molar-refractivity contribution in [2.24, 2.45) is 0 Å². The molecule has 0 spiro atoms. The van der Waals surface area contributed by atoms with Gasteiger partial charge in [0.15, 0.2) is 0 Å². The van der Waals surface area contributed by atoms with Gasteiger partial charge in [-0.3, -0.25) is 0 Å². The van der Waals surface area contributed by atoms with Crippen LogP contribution >= 0.6 is 22.6 Å². The predicted octanol–water partition coefficient (Wildman–Crippen LogP) is 8.00. The highest BCUT2D eigenvalue weighted by atomic mass is 127. The Morgan fingerprint density at radius 1 is 0.696 bits per heavy atom. The van der Waals surface area contributed by atoms with E-state index < -0.39 is 18.3 Å². The number of carbonyl (C=O) groups is 2. The molecule has 14 heteroatoms. The van der Waals surface area contributed by atoms with Crippen molar-refractivity contribution >= 4 is 47.1 Å². The number of aromatic amines is 2. The van der Waals surface area contributed by atoms with E-state index in [1.807, 2.05) is 93.5 Å². The minimum Gasteiger partial charge on any atom is -0.465 e. The molecule has 0 bridgehead atoms. The average molecular weight is 887 g/mol. The van der Waals surface area contributed by atoms with Crippen molar-refractivity contribution in [3.63, 3.8) is 0 Å². The highest BCUT2D eigenvalue weighted by Gasteiger charge is 2.52. The molecule has 3 aliphatic heterocycles. The van der Waals surface area contributed by atoms with Gasteiger partial charge in [-0.1, -0.05) is 32.5 Å². The van der Waals surface area contributed by atoms with E-state index >= 15 is 0 Å². The van der Waals surface area contributed by atoms with Gasteiger partial charge in [0.05, 0.1) is 80.5 Å². The van der Waals surface area contributed by atoms with Gasteiger partial charge in [-0.2, -0.15) is 0 Å². The number of ether oxygens (including phenoxy) is 4. The highest BCUT2D eigenvalue weighted by molar-refractivity contribution is 14.1. The van der Waals surface area contributed by atoms with E-state index in [4.69, 9.17) is 33.2 Å². The van der Waals surface area contributed by atoms with Crippen LogP contribution in [0.5, 0.6) is 0 Å². The zero-order chi connectivity index (χ0) is 39.7. The minimum absolute atomic E-state index is 0. The van der Waals surface area contributed by atoms with E-state index in [0.717, 1.165) is 78.9 Å². The lowest BCUT2D eigenvalue weighted by Gasteiger charge is -2.32. The number of hydrogen-bond donors (Lipinski definition) is 2. The fourth-order valence-corrected chi connectivity index (χ4v) is 6.64. The van der Waals surface area contributed by atoms with E-state index in [0.29, 0.717) is 36.2 Å². The normalized spacial score (nSPS) is 16.8. The van der Waals surface area contributed by atoms with Crippen LogP contribution in [0.25, 0.3) is 11.3 Å². The van der Waals surface area contributed by atoms with Crippen LogP contribution in [0, 0.1) is 45.2 Å². The third kappa shape index (κ3) is 9.93. The summed E-state index contributed by atoms with van der Waals surface area (Å²) in [5.74, 6) is 2.23. The van der Waals surface area contributed by atoms with Crippen LogP contribution in [-0.2, 0) is 28.3 Å². The molecule has 2 aromatic heterocycles. The van der Waals surface area contributed by atoms with Crippen molar-refractivity contribution in [3.05, 3.63) is 84.4 Å². The van der Waals surface area contributed by atoms with Crippen LogP contribution in [0.2, 0.25) is 0 Å². The summed E-state index contributed by atoms with van der Waals surface area (Å²) in [6.45, 7) is 23.0. The zero-order valence-corrected chi connectivity index (χ0v) is 35.6. The molecule has 0 atom stereocenters. The number of aromatic nitrogens is 4. The third-order valence-electron chi connectivity index (χ3n) is 10.6. The first-order valence-electron chi connectivity index (χ1n) is 18.1. The second kappa shape index (κ2) is 18.8. The monoisotopic (exact) mass is 886 g/mol. The van der Waals surface area contributed by atoms with Crippen LogP contribution in [-0.4, -0.2) is 90.8 Å². The quantitative estimate of drug-likeness (QED) is 0.111. The van der Waals surface area contributed by atoms with Crippen LogP contribution in [0.4, 0.5) is 0 Å². The van der Waals surface area contributed by atoms with Crippen molar-refractivity contribution in [2.45, 2.75) is 107 Å². The molecule has 0 aliphatic carbocycles. The molecule has 56 heavy (non-hydrogen) atoms. The van der Waals surface area contributed by atoms with Gasteiger partial charge >= 0.3 is 19.1 Å². The van der Waals surface area contributed by atoms with Crippen LogP contribution < -0.4 is 5.46 Å². The molecule has 4 aromatic rings. The first-order chi connectivity index (χ1) is 25.4. The molecule has 0 unspecified atom stereocenters. The smallest absolute Gasteiger partial charge is 0.465 e. The molecule has 3 aliphatic rings. The summed E-state index contributed by atoms with van der Waals surface area (Å²) in [5, 5.41) is 0.